The van der Waals surface area contributed by atoms with Gasteiger partial charge < -0.3 is 14.0 Å². The first-order valence-electron chi connectivity index (χ1n) is 13.8. The van der Waals surface area contributed by atoms with Crippen LogP contribution in [0.5, 0.6) is 5.75 Å². The summed E-state index contributed by atoms with van der Waals surface area (Å²) in [5, 5.41) is 0.381. The highest BCUT2D eigenvalue weighted by atomic mass is 35.5. The third kappa shape index (κ3) is 7.42. The Morgan fingerprint density at radius 1 is 1.12 bits per heavy atom. The van der Waals surface area contributed by atoms with Gasteiger partial charge in [-0.25, -0.2) is 9.37 Å². The Bertz CT molecular complexity index is 1510. The lowest BCUT2D eigenvalue weighted by Gasteiger charge is -2.26. The van der Waals surface area contributed by atoms with Gasteiger partial charge in [-0.05, 0) is 60.9 Å². The van der Waals surface area contributed by atoms with Gasteiger partial charge >= 0.3 is 0 Å². The molecule has 5 nitrogen and oxygen atoms in total. The van der Waals surface area contributed by atoms with Gasteiger partial charge in [0, 0.05) is 43.2 Å². The first-order valence-corrected chi connectivity index (χ1v) is 18.7. The summed E-state index contributed by atoms with van der Waals surface area (Å²) in [6, 6.07) is 16.1. The van der Waals surface area contributed by atoms with Gasteiger partial charge in [-0.15, -0.1) is 11.3 Å². The van der Waals surface area contributed by atoms with E-state index in [2.05, 4.69) is 54.2 Å². The fourth-order valence-electron chi connectivity index (χ4n) is 4.78. The minimum absolute atomic E-state index is 0.158. The standard InChI is InChI=1S/C31H37ClFN3O2SSi/c1-22-16-29-31(39-22)34-30(36(29)21-37-14-15-40(2,3)4)19-35-12-10-23(11-13-35)24-6-5-7-27(17-24)38-20-25-8-9-26(32)18-28(25)33/h5-10,16-18H,11-15,19-21H2,1-4H3. The minimum Gasteiger partial charge on any atom is -0.489 e. The first kappa shape index (κ1) is 29.0. The number of fused-ring (bicyclic) bond motifs is 1. The van der Waals surface area contributed by atoms with Gasteiger partial charge in [0.25, 0.3) is 0 Å². The fourth-order valence-corrected chi connectivity index (χ4v) is 6.60. The number of aryl methyl sites for hydroxylation is 1. The fraction of sp³-hybridized carbons (Fsp3) is 0.387. The lowest BCUT2D eigenvalue weighted by atomic mass is 9.99. The largest absolute Gasteiger partial charge is 0.489 e. The summed E-state index contributed by atoms with van der Waals surface area (Å²) in [6.07, 6.45) is 3.24. The molecule has 0 amide bonds. The van der Waals surface area contributed by atoms with Crippen LogP contribution in [0.3, 0.4) is 0 Å². The average Bonchev–Trinajstić information content (AvgIpc) is 3.41. The van der Waals surface area contributed by atoms with Gasteiger partial charge in [0.15, 0.2) is 0 Å². The van der Waals surface area contributed by atoms with E-state index in [0.717, 1.165) is 60.7 Å². The predicted octanol–water partition coefficient (Wildman–Crippen LogP) is 8.38. The number of benzene rings is 2. The molecule has 0 N–H and O–H groups in total. The molecule has 0 fully saturated rings. The molecule has 0 unspecified atom stereocenters. The molecular formula is C31H37ClFN3O2SSi. The Morgan fingerprint density at radius 3 is 2.73 bits per heavy atom. The highest BCUT2D eigenvalue weighted by Gasteiger charge is 2.20. The topological polar surface area (TPSA) is 39.5 Å². The van der Waals surface area contributed by atoms with Gasteiger partial charge in [0.1, 0.15) is 35.6 Å². The second-order valence-corrected chi connectivity index (χ2v) is 18.9. The molecular weight excluding hydrogens is 561 g/mol. The van der Waals surface area contributed by atoms with E-state index in [4.69, 9.17) is 26.1 Å². The summed E-state index contributed by atoms with van der Waals surface area (Å²) < 4.78 is 28.4. The van der Waals surface area contributed by atoms with Crippen molar-refractivity contribution in [3.63, 3.8) is 0 Å². The zero-order valence-electron chi connectivity index (χ0n) is 23.7. The van der Waals surface area contributed by atoms with Crippen LogP contribution in [0.2, 0.25) is 30.7 Å². The normalized spacial score (nSPS) is 14.6. The number of aromatic nitrogens is 2. The van der Waals surface area contributed by atoms with E-state index >= 15 is 0 Å². The molecule has 212 valence electrons. The van der Waals surface area contributed by atoms with E-state index < -0.39 is 8.07 Å². The van der Waals surface area contributed by atoms with E-state index in [1.165, 1.54) is 22.0 Å². The maximum Gasteiger partial charge on any atom is 0.142 e. The molecule has 5 rings (SSSR count). The second-order valence-electron chi connectivity index (χ2n) is 11.6. The Morgan fingerprint density at radius 2 is 1.98 bits per heavy atom. The number of thiophene rings is 1. The maximum atomic E-state index is 14.1. The summed E-state index contributed by atoms with van der Waals surface area (Å²) in [4.78, 5) is 9.79. The van der Waals surface area contributed by atoms with E-state index in [9.17, 15) is 4.39 Å². The van der Waals surface area contributed by atoms with Gasteiger partial charge in [0.2, 0.25) is 0 Å². The van der Waals surface area contributed by atoms with Gasteiger partial charge in [-0.1, -0.05) is 55.5 Å². The van der Waals surface area contributed by atoms with Crippen molar-refractivity contribution in [2.45, 2.75) is 58.9 Å². The Labute approximate surface area is 246 Å². The van der Waals surface area contributed by atoms with E-state index in [1.807, 2.05) is 18.2 Å². The summed E-state index contributed by atoms with van der Waals surface area (Å²) in [6.45, 7) is 13.4. The van der Waals surface area contributed by atoms with Crippen molar-refractivity contribution >= 4 is 46.9 Å². The zero-order valence-corrected chi connectivity index (χ0v) is 26.2. The highest BCUT2D eigenvalue weighted by Crippen LogP contribution is 2.29. The van der Waals surface area contributed by atoms with Crippen LogP contribution in [-0.2, 0) is 24.6 Å². The molecule has 2 aromatic carbocycles. The molecule has 0 atom stereocenters. The van der Waals surface area contributed by atoms with Crippen LogP contribution < -0.4 is 4.74 Å². The quantitative estimate of drug-likeness (QED) is 0.129. The zero-order chi connectivity index (χ0) is 28.3. The number of hydrogen-bond donors (Lipinski definition) is 0. The number of imidazole rings is 1. The molecule has 1 aliphatic rings. The van der Waals surface area contributed by atoms with Crippen molar-refractivity contribution in [3.05, 3.63) is 87.3 Å². The van der Waals surface area contributed by atoms with Crippen LogP contribution in [0, 0.1) is 12.7 Å². The van der Waals surface area contributed by atoms with Crippen molar-refractivity contribution < 1.29 is 13.9 Å². The van der Waals surface area contributed by atoms with Crippen LogP contribution in [0.4, 0.5) is 4.39 Å². The van der Waals surface area contributed by atoms with E-state index in [1.54, 1.807) is 23.5 Å². The lowest BCUT2D eigenvalue weighted by Crippen LogP contribution is -2.29. The first-order chi connectivity index (χ1) is 19.1. The monoisotopic (exact) mass is 597 g/mol. The van der Waals surface area contributed by atoms with Crippen LogP contribution in [0.25, 0.3) is 15.9 Å². The average molecular weight is 598 g/mol. The van der Waals surface area contributed by atoms with E-state index in [-0.39, 0.29) is 12.4 Å². The van der Waals surface area contributed by atoms with E-state index in [0.29, 0.717) is 17.3 Å². The van der Waals surface area contributed by atoms with Gasteiger partial charge in [-0.3, -0.25) is 4.90 Å². The molecule has 0 radical (unpaired) electrons. The number of hydrogen-bond acceptors (Lipinski definition) is 5. The lowest BCUT2D eigenvalue weighted by molar-refractivity contribution is 0.0859. The predicted molar refractivity (Wildman–Crippen MR) is 167 cm³/mol. The number of ether oxygens (including phenoxy) is 2. The Balaban J connectivity index is 1.22. The molecule has 3 heterocycles. The molecule has 0 bridgehead atoms. The number of nitrogens with zero attached hydrogens (tertiary/aromatic N) is 3. The summed E-state index contributed by atoms with van der Waals surface area (Å²) >= 11 is 7.61. The van der Waals surface area contributed by atoms with Crippen molar-refractivity contribution in [3.8, 4) is 5.75 Å². The van der Waals surface area contributed by atoms with Gasteiger partial charge in [-0.2, -0.15) is 0 Å². The molecule has 4 aromatic rings. The Kier molecular flexibility index (Phi) is 9.12. The number of rotatable bonds is 11. The van der Waals surface area contributed by atoms with Crippen LogP contribution in [0.15, 0.2) is 54.6 Å². The molecule has 0 saturated heterocycles. The summed E-state index contributed by atoms with van der Waals surface area (Å²) in [5.74, 6) is 1.44. The van der Waals surface area contributed by atoms with Crippen molar-refractivity contribution in [1.29, 1.82) is 0 Å². The molecule has 40 heavy (non-hydrogen) atoms. The molecule has 0 spiro atoms. The minimum atomic E-state index is -1.13. The Hall–Kier alpha value is -2.49. The maximum absolute atomic E-state index is 14.1. The third-order valence-corrected chi connectivity index (χ3v) is 10.0. The van der Waals surface area contributed by atoms with Crippen LogP contribution in [0.1, 0.15) is 28.2 Å². The van der Waals surface area contributed by atoms with Crippen molar-refractivity contribution in [2.75, 3.05) is 19.7 Å². The summed E-state index contributed by atoms with van der Waals surface area (Å²) in [5.41, 5.74) is 4.10. The molecule has 9 heteroatoms. The SMILES string of the molecule is Cc1cc2c(nc(CN3CC=C(c4cccc(OCc5ccc(Cl)cc5F)c4)CC3)n2COCC[Si](C)(C)C)s1. The van der Waals surface area contributed by atoms with Gasteiger partial charge in [0.05, 0.1) is 12.1 Å². The van der Waals surface area contributed by atoms with Crippen molar-refractivity contribution in [1.82, 2.24) is 14.5 Å². The van der Waals surface area contributed by atoms with Crippen molar-refractivity contribution in [2.24, 2.45) is 0 Å². The van der Waals surface area contributed by atoms with Crippen LogP contribution in [-0.4, -0.2) is 42.2 Å². The smallest absolute Gasteiger partial charge is 0.142 e. The number of halogens is 2. The summed E-state index contributed by atoms with van der Waals surface area (Å²) in [7, 11) is -1.13. The molecule has 1 aliphatic heterocycles. The third-order valence-electron chi connectivity index (χ3n) is 7.14. The molecule has 0 saturated carbocycles. The molecule has 2 aromatic heterocycles. The second kappa shape index (κ2) is 12.6. The van der Waals surface area contributed by atoms with Crippen LogP contribution >= 0.6 is 22.9 Å². The highest BCUT2D eigenvalue weighted by molar-refractivity contribution is 7.18. The molecule has 0 aliphatic carbocycles.